The number of sulfonamides is 1. The number of nitrogens with zero attached hydrogens (tertiary/aromatic N) is 4. The summed E-state index contributed by atoms with van der Waals surface area (Å²) in [5.74, 6) is -0.101. The highest BCUT2D eigenvalue weighted by molar-refractivity contribution is 7.89. The van der Waals surface area contributed by atoms with E-state index in [1.54, 1.807) is 18.4 Å². The van der Waals surface area contributed by atoms with Gasteiger partial charge in [-0.2, -0.15) is 14.0 Å². The Balaban J connectivity index is 2.13. The molecule has 8 nitrogen and oxygen atoms in total. The van der Waals surface area contributed by atoms with E-state index in [0.717, 1.165) is 12.4 Å². The van der Waals surface area contributed by atoms with E-state index in [1.807, 2.05) is 4.72 Å². The second-order valence-electron chi connectivity index (χ2n) is 7.23. The van der Waals surface area contributed by atoms with Crippen LogP contribution in [0.25, 0.3) is 22.4 Å². The van der Waals surface area contributed by atoms with Crippen molar-refractivity contribution in [3.05, 3.63) is 36.2 Å². The van der Waals surface area contributed by atoms with Crippen molar-refractivity contribution in [1.29, 1.82) is 5.26 Å². The third-order valence-electron chi connectivity index (χ3n) is 4.67. The third kappa shape index (κ3) is 4.91. The van der Waals surface area contributed by atoms with Crippen molar-refractivity contribution in [2.75, 3.05) is 13.3 Å². The van der Waals surface area contributed by atoms with Gasteiger partial charge in [0.05, 0.1) is 29.5 Å². The Morgan fingerprint density at radius 1 is 1.18 bits per heavy atom. The minimum absolute atomic E-state index is 0.000684. The number of aromatic nitrogens is 3. The zero-order valence-electron chi connectivity index (χ0n) is 17.5. The summed E-state index contributed by atoms with van der Waals surface area (Å²) in [5.41, 5.74) is 0.829. The van der Waals surface area contributed by atoms with Crippen LogP contribution >= 0.6 is 0 Å². The number of hydrogen-bond donors (Lipinski definition) is 1. The summed E-state index contributed by atoms with van der Waals surface area (Å²) in [6.07, 6.45) is 1.90. The highest BCUT2D eigenvalue weighted by atomic mass is 32.2. The number of hydrogen-bond acceptors (Lipinski definition) is 6. The van der Waals surface area contributed by atoms with Gasteiger partial charge in [0.15, 0.2) is 5.82 Å². The third-order valence-corrected chi connectivity index (χ3v) is 6.15. The molecule has 2 aromatic heterocycles. The molecule has 0 saturated heterocycles. The maximum atomic E-state index is 12.7. The second-order valence-corrected chi connectivity index (χ2v) is 8.94. The summed E-state index contributed by atoms with van der Waals surface area (Å²) in [6.45, 7) is -1.90. The summed E-state index contributed by atoms with van der Waals surface area (Å²) < 4.78 is 83.3. The average Bonchev–Trinajstić information content (AvgIpc) is 3.10. The highest BCUT2D eigenvalue weighted by Crippen LogP contribution is 2.36. The van der Waals surface area contributed by atoms with Gasteiger partial charge in [0.1, 0.15) is 35.8 Å². The lowest BCUT2D eigenvalue weighted by Gasteiger charge is -2.15. The number of fused-ring (bicyclic) bond motifs is 1. The van der Waals surface area contributed by atoms with Gasteiger partial charge >= 0.3 is 6.61 Å². The number of ether oxygens (including phenoxy) is 1. The Kier molecular flexibility index (Phi) is 7.19. The fourth-order valence-electron chi connectivity index (χ4n) is 3.30. The smallest absolute Gasteiger partial charge is 0.387 e. The molecule has 0 atom stereocenters. The van der Waals surface area contributed by atoms with Crippen molar-refractivity contribution >= 4 is 20.9 Å². The summed E-state index contributed by atoms with van der Waals surface area (Å²) in [7, 11) is -4.28. The molecule has 2 heterocycles. The zero-order chi connectivity index (χ0) is 24.3. The molecule has 0 aliphatic heterocycles. The molecule has 0 saturated carbocycles. The number of rotatable bonds is 9. The molecular formula is C20H19F4N5O3S. The van der Waals surface area contributed by atoms with Crippen LogP contribution in [0.15, 0.2) is 35.5 Å². The van der Waals surface area contributed by atoms with Crippen LogP contribution in [0, 0.1) is 11.3 Å². The first-order chi connectivity index (χ1) is 15.6. The van der Waals surface area contributed by atoms with Gasteiger partial charge in [0.2, 0.25) is 10.0 Å². The molecule has 176 valence electrons. The standard InChI is InChI=1S/C20H19F4N5O3S/c1-11(2)29-17-5-13(32-20(23)24)3-4-15(17)16(8-25)18(29)19-26-9-14(10-27-19)33(30,31)28-12(6-21)7-22/h3-5,9-12,20,28H,6-7H2,1-2H3. The van der Waals surface area contributed by atoms with Gasteiger partial charge in [-0.1, -0.05) is 0 Å². The van der Waals surface area contributed by atoms with E-state index in [0.29, 0.717) is 10.9 Å². The Labute approximate surface area is 186 Å². The van der Waals surface area contributed by atoms with E-state index in [9.17, 15) is 31.2 Å². The van der Waals surface area contributed by atoms with Crippen LogP contribution in [-0.4, -0.2) is 49.0 Å². The SMILES string of the molecule is CC(C)n1c(-c2ncc(S(=O)(=O)NC(CF)CF)cn2)c(C#N)c2ccc(OC(F)F)cc21. The quantitative estimate of drug-likeness (QED) is 0.463. The minimum Gasteiger partial charge on any atom is -0.435 e. The van der Waals surface area contributed by atoms with E-state index in [1.165, 1.54) is 18.2 Å². The lowest BCUT2D eigenvalue weighted by molar-refractivity contribution is -0.0497. The zero-order valence-corrected chi connectivity index (χ0v) is 18.3. The summed E-state index contributed by atoms with van der Waals surface area (Å²) >= 11 is 0. The molecule has 0 amide bonds. The number of alkyl halides is 4. The Hall–Kier alpha value is -3.24. The molecule has 1 aromatic carbocycles. The van der Waals surface area contributed by atoms with Crippen LogP contribution in [0.1, 0.15) is 25.5 Å². The highest BCUT2D eigenvalue weighted by Gasteiger charge is 2.25. The fourth-order valence-corrected chi connectivity index (χ4v) is 4.39. The molecule has 33 heavy (non-hydrogen) atoms. The van der Waals surface area contributed by atoms with Crippen LogP contribution < -0.4 is 9.46 Å². The van der Waals surface area contributed by atoms with Crippen molar-refractivity contribution in [2.24, 2.45) is 0 Å². The lowest BCUT2D eigenvalue weighted by atomic mass is 10.1. The van der Waals surface area contributed by atoms with Gasteiger partial charge in [-0.15, -0.1) is 0 Å². The molecule has 3 rings (SSSR count). The first-order valence-corrected chi connectivity index (χ1v) is 11.1. The van der Waals surface area contributed by atoms with Crippen LogP contribution in [0.4, 0.5) is 17.6 Å². The van der Waals surface area contributed by atoms with Crippen LogP contribution in [0.3, 0.4) is 0 Å². The predicted molar refractivity (Wildman–Crippen MR) is 111 cm³/mol. The lowest BCUT2D eigenvalue weighted by Crippen LogP contribution is -2.38. The van der Waals surface area contributed by atoms with Gasteiger partial charge in [-0.25, -0.2) is 31.9 Å². The van der Waals surface area contributed by atoms with Crippen molar-refractivity contribution in [1.82, 2.24) is 19.3 Å². The number of nitrogens with one attached hydrogen (secondary N) is 1. The summed E-state index contributed by atoms with van der Waals surface area (Å²) in [4.78, 5) is 7.68. The van der Waals surface area contributed by atoms with E-state index in [-0.39, 0.29) is 28.9 Å². The molecule has 0 unspecified atom stereocenters. The monoisotopic (exact) mass is 485 g/mol. The molecule has 1 N–H and O–H groups in total. The van der Waals surface area contributed by atoms with E-state index < -0.39 is 40.9 Å². The van der Waals surface area contributed by atoms with E-state index in [4.69, 9.17) is 0 Å². The molecular weight excluding hydrogens is 466 g/mol. The number of benzene rings is 1. The first kappa shape index (κ1) is 24.4. The molecule has 3 aromatic rings. The second kappa shape index (κ2) is 9.72. The molecule has 0 aliphatic rings. The van der Waals surface area contributed by atoms with Gasteiger partial charge in [-0.3, -0.25) is 0 Å². The van der Waals surface area contributed by atoms with Crippen molar-refractivity contribution in [3.63, 3.8) is 0 Å². The van der Waals surface area contributed by atoms with Gasteiger partial charge in [0.25, 0.3) is 0 Å². The maximum absolute atomic E-state index is 12.7. The first-order valence-electron chi connectivity index (χ1n) is 9.62. The Morgan fingerprint density at radius 3 is 2.33 bits per heavy atom. The molecule has 13 heteroatoms. The summed E-state index contributed by atoms with van der Waals surface area (Å²) in [5, 5.41) is 10.2. The molecule has 0 fully saturated rings. The van der Waals surface area contributed by atoms with Crippen molar-refractivity contribution in [2.45, 2.75) is 37.4 Å². The normalized spacial score (nSPS) is 12.1. The van der Waals surface area contributed by atoms with Crippen molar-refractivity contribution in [3.8, 4) is 23.3 Å². The van der Waals surface area contributed by atoms with Crippen LogP contribution in [0.5, 0.6) is 5.75 Å². The van der Waals surface area contributed by atoms with Gasteiger partial charge < -0.3 is 9.30 Å². The average molecular weight is 485 g/mol. The van der Waals surface area contributed by atoms with E-state index >= 15 is 0 Å². The topological polar surface area (TPSA) is 110 Å². The Morgan fingerprint density at radius 2 is 1.82 bits per heavy atom. The Bertz CT molecular complexity index is 1280. The summed E-state index contributed by atoms with van der Waals surface area (Å²) in [6, 6.07) is 4.38. The van der Waals surface area contributed by atoms with E-state index in [2.05, 4.69) is 20.8 Å². The largest absolute Gasteiger partial charge is 0.435 e. The molecule has 0 radical (unpaired) electrons. The predicted octanol–water partition coefficient (Wildman–Crippen LogP) is 3.74. The molecule has 0 aliphatic carbocycles. The molecule has 0 bridgehead atoms. The fraction of sp³-hybridized carbons (Fsp3) is 0.350. The number of nitriles is 1. The molecule has 0 spiro atoms. The van der Waals surface area contributed by atoms with Crippen LogP contribution in [-0.2, 0) is 10.0 Å². The van der Waals surface area contributed by atoms with Crippen molar-refractivity contribution < 1.29 is 30.7 Å². The number of halogens is 4. The van der Waals surface area contributed by atoms with Gasteiger partial charge in [0, 0.05) is 17.5 Å². The maximum Gasteiger partial charge on any atom is 0.387 e. The minimum atomic E-state index is -4.28. The van der Waals surface area contributed by atoms with Crippen LogP contribution in [0.2, 0.25) is 0 Å². The van der Waals surface area contributed by atoms with Gasteiger partial charge in [-0.05, 0) is 26.0 Å².